The van der Waals surface area contributed by atoms with Gasteiger partial charge in [-0.1, -0.05) is 20.8 Å². The molecule has 2 unspecified atom stereocenters. The Balaban J connectivity index is 1.96. The first kappa shape index (κ1) is 13.2. The summed E-state index contributed by atoms with van der Waals surface area (Å²) in [5.74, 6) is 4.51. The lowest BCUT2D eigenvalue weighted by atomic mass is 10.0. The van der Waals surface area contributed by atoms with Crippen LogP contribution in [0.3, 0.4) is 0 Å². The van der Waals surface area contributed by atoms with Crippen LogP contribution in [0.5, 0.6) is 0 Å². The molecule has 2 heterocycles. The molecule has 0 aliphatic heterocycles. The van der Waals surface area contributed by atoms with Crippen LogP contribution in [0.1, 0.15) is 56.0 Å². The molecule has 0 saturated heterocycles. The molecule has 1 fully saturated rings. The van der Waals surface area contributed by atoms with Crippen LogP contribution in [0.2, 0.25) is 0 Å². The van der Waals surface area contributed by atoms with Crippen molar-refractivity contribution in [3.8, 4) is 11.6 Å². The first-order chi connectivity index (χ1) is 9.47. The lowest BCUT2D eigenvalue weighted by Gasteiger charge is -2.12. The summed E-state index contributed by atoms with van der Waals surface area (Å²) in [6, 6.07) is 3.98. The Labute approximate surface area is 119 Å². The molecule has 1 aliphatic rings. The van der Waals surface area contributed by atoms with Gasteiger partial charge in [-0.3, -0.25) is 0 Å². The van der Waals surface area contributed by atoms with Gasteiger partial charge in [-0.25, -0.2) is 9.97 Å². The normalized spacial score (nSPS) is 21.4. The van der Waals surface area contributed by atoms with E-state index >= 15 is 0 Å². The summed E-state index contributed by atoms with van der Waals surface area (Å²) in [6.07, 6.45) is 1.21. The minimum atomic E-state index is 0.323. The summed E-state index contributed by atoms with van der Waals surface area (Å²) < 4.78 is 5.89. The van der Waals surface area contributed by atoms with Crippen LogP contribution in [0.25, 0.3) is 11.6 Å². The van der Waals surface area contributed by atoms with Crippen molar-refractivity contribution in [3.05, 3.63) is 29.2 Å². The van der Waals surface area contributed by atoms with Crippen molar-refractivity contribution in [2.75, 3.05) is 5.73 Å². The number of nitrogens with zero attached hydrogens (tertiary/aromatic N) is 2. The van der Waals surface area contributed by atoms with E-state index in [1.54, 1.807) is 0 Å². The Morgan fingerprint density at radius 2 is 2.00 bits per heavy atom. The van der Waals surface area contributed by atoms with E-state index in [-0.39, 0.29) is 0 Å². The van der Waals surface area contributed by atoms with Gasteiger partial charge in [0.2, 0.25) is 0 Å². The molecule has 0 amide bonds. The molecular formula is C16H21N3O. The monoisotopic (exact) mass is 271 g/mol. The molecule has 1 aliphatic carbocycles. The van der Waals surface area contributed by atoms with E-state index in [4.69, 9.17) is 10.2 Å². The molecular weight excluding hydrogens is 250 g/mol. The topological polar surface area (TPSA) is 64.9 Å². The maximum atomic E-state index is 6.07. The van der Waals surface area contributed by atoms with Gasteiger partial charge in [-0.15, -0.1) is 0 Å². The Bertz CT molecular complexity index is 622. The molecule has 2 aromatic rings. The van der Waals surface area contributed by atoms with Crippen molar-refractivity contribution < 1.29 is 4.42 Å². The van der Waals surface area contributed by atoms with Crippen LogP contribution in [0.4, 0.5) is 5.82 Å². The Morgan fingerprint density at radius 3 is 2.55 bits per heavy atom. The molecule has 0 bridgehead atoms. The standard InChI is InChI=1S/C16H21N3O/c1-8(2)14-10(4)18-16(19-15(14)17)13-6-5-12(20-13)11-7-9(11)3/h5-6,8-9,11H,7H2,1-4H3,(H2,17,18,19). The molecule has 2 atom stereocenters. The lowest BCUT2D eigenvalue weighted by molar-refractivity contribution is 0.514. The Kier molecular flexibility index (Phi) is 3.04. The SMILES string of the molecule is Cc1nc(-c2ccc(C3CC3C)o2)nc(N)c1C(C)C. The van der Waals surface area contributed by atoms with Crippen molar-refractivity contribution >= 4 is 5.82 Å². The van der Waals surface area contributed by atoms with Gasteiger partial charge in [-0.2, -0.15) is 0 Å². The van der Waals surface area contributed by atoms with Crippen LogP contribution in [0, 0.1) is 12.8 Å². The number of aryl methyl sites for hydroxylation is 1. The van der Waals surface area contributed by atoms with E-state index in [0.717, 1.165) is 22.9 Å². The smallest absolute Gasteiger partial charge is 0.197 e. The highest BCUT2D eigenvalue weighted by Crippen LogP contribution is 2.47. The quantitative estimate of drug-likeness (QED) is 0.920. The molecule has 0 radical (unpaired) electrons. The molecule has 4 heteroatoms. The number of furan rings is 1. The number of anilines is 1. The molecule has 2 N–H and O–H groups in total. The fourth-order valence-electron chi connectivity index (χ4n) is 2.82. The predicted octanol–water partition coefficient (Wildman–Crippen LogP) is 3.87. The van der Waals surface area contributed by atoms with E-state index in [1.807, 2.05) is 19.1 Å². The maximum Gasteiger partial charge on any atom is 0.197 e. The largest absolute Gasteiger partial charge is 0.457 e. The van der Waals surface area contributed by atoms with Gasteiger partial charge in [0.25, 0.3) is 0 Å². The second-order valence-electron chi connectivity index (χ2n) is 6.11. The zero-order valence-electron chi connectivity index (χ0n) is 12.5. The van der Waals surface area contributed by atoms with Crippen molar-refractivity contribution in [2.45, 2.75) is 46.0 Å². The van der Waals surface area contributed by atoms with Gasteiger partial charge < -0.3 is 10.2 Å². The van der Waals surface area contributed by atoms with E-state index < -0.39 is 0 Å². The second kappa shape index (κ2) is 4.62. The van der Waals surface area contributed by atoms with Crippen molar-refractivity contribution in [2.24, 2.45) is 5.92 Å². The van der Waals surface area contributed by atoms with E-state index in [0.29, 0.717) is 29.2 Å². The number of nitrogens with two attached hydrogens (primary N) is 1. The van der Waals surface area contributed by atoms with Crippen LogP contribution >= 0.6 is 0 Å². The third-order valence-electron chi connectivity index (χ3n) is 4.07. The van der Waals surface area contributed by atoms with Gasteiger partial charge in [0, 0.05) is 17.2 Å². The van der Waals surface area contributed by atoms with Crippen LogP contribution in [0.15, 0.2) is 16.5 Å². The number of rotatable bonds is 3. The molecule has 0 spiro atoms. The first-order valence-corrected chi connectivity index (χ1v) is 7.21. The highest BCUT2D eigenvalue weighted by atomic mass is 16.3. The first-order valence-electron chi connectivity index (χ1n) is 7.21. The summed E-state index contributed by atoms with van der Waals surface area (Å²) in [6.45, 7) is 8.41. The van der Waals surface area contributed by atoms with Gasteiger partial charge >= 0.3 is 0 Å². The average Bonchev–Trinajstić information content (AvgIpc) is 2.90. The van der Waals surface area contributed by atoms with E-state index in [9.17, 15) is 0 Å². The van der Waals surface area contributed by atoms with E-state index in [1.165, 1.54) is 6.42 Å². The van der Waals surface area contributed by atoms with Gasteiger partial charge in [0.1, 0.15) is 11.6 Å². The number of nitrogen functional groups attached to an aromatic ring is 1. The Hall–Kier alpha value is -1.84. The molecule has 20 heavy (non-hydrogen) atoms. The van der Waals surface area contributed by atoms with Crippen molar-refractivity contribution in [3.63, 3.8) is 0 Å². The molecule has 3 rings (SSSR count). The summed E-state index contributed by atoms with van der Waals surface area (Å²) in [4.78, 5) is 8.96. The Morgan fingerprint density at radius 1 is 1.30 bits per heavy atom. The zero-order chi connectivity index (χ0) is 14.4. The van der Waals surface area contributed by atoms with Crippen LogP contribution in [-0.4, -0.2) is 9.97 Å². The van der Waals surface area contributed by atoms with Gasteiger partial charge in [0.15, 0.2) is 11.6 Å². The highest BCUT2D eigenvalue weighted by Gasteiger charge is 2.36. The van der Waals surface area contributed by atoms with Crippen LogP contribution in [-0.2, 0) is 0 Å². The minimum Gasteiger partial charge on any atom is -0.457 e. The second-order valence-corrected chi connectivity index (χ2v) is 6.11. The minimum absolute atomic E-state index is 0.323. The van der Waals surface area contributed by atoms with Crippen LogP contribution < -0.4 is 5.73 Å². The lowest BCUT2D eigenvalue weighted by Crippen LogP contribution is -2.06. The molecule has 1 saturated carbocycles. The van der Waals surface area contributed by atoms with Crippen molar-refractivity contribution in [1.29, 1.82) is 0 Å². The van der Waals surface area contributed by atoms with Gasteiger partial charge in [-0.05, 0) is 37.3 Å². The summed E-state index contributed by atoms with van der Waals surface area (Å²) in [5, 5.41) is 0. The fraction of sp³-hybridized carbons (Fsp3) is 0.500. The molecule has 106 valence electrons. The highest BCUT2D eigenvalue weighted by molar-refractivity contribution is 5.55. The average molecular weight is 271 g/mol. The number of hydrogen-bond donors (Lipinski definition) is 1. The van der Waals surface area contributed by atoms with Crippen molar-refractivity contribution in [1.82, 2.24) is 9.97 Å². The summed E-state index contributed by atoms with van der Waals surface area (Å²) >= 11 is 0. The summed E-state index contributed by atoms with van der Waals surface area (Å²) in [7, 11) is 0. The summed E-state index contributed by atoms with van der Waals surface area (Å²) in [5.41, 5.74) is 8.02. The third kappa shape index (κ3) is 2.19. The number of aromatic nitrogens is 2. The third-order valence-corrected chi connectivity index (χ3v) is 4.07. The number of hydrogen-bond acceptors (Lipinski definition) is 4. The predicted molar refractivity (Wildman–Crippen MR) is 79.5 cm³/mol. The van der Waals surface area contributed by atoms with Gasteiger partial charge in [0.05, 0.1) is 0 Å². The molecule has 2 aromatic heterocycles. The fourth-order valence-corrected chi connectivity index (χ4v) is 2.82. The molecule has 4 nitrogen and oxygen atoms in total. The zero-order valence-corrected chi connectivity index (χ0v) is 12.5. The van der Waals surface area contributed by atoms with E-state index in [2.05, 4.69) is 30.7 Å². The molecule has 0 aromatic carbocycles. The maximum absolute atomic E-state index is 6.07.